The molecule has 140 valence electrons. The van der Waals surface area contributed by atoms with Crippen molar-refractivity contribution in [1.29, 1.82) is 0 Å². The summed E-state index contributed by atoms with van der Waals surface area (Å²) in [6.45, 7) is -1.47. The number of halogens is 3. The molecule has 0 atom stereocenters. The van der Waals surface area contributed by atoms with Crippen LogP contribution in [0.2, 0.25) is 0 Å². The second kappa shape index (κ2) is 7.65. The molecule has 0 radical (unpaired) electrons. The molecule has 0 aliphatic heterocycles. The number of hydrogen-bond acceptors (Lipinski definition) is 4. The van der Waals surface area contributed by atoms with Crippen molar-refractivity contribution in [2.24, 2.45) is 0 Å². The second-order valence-corrected chi connectivity index (χ2v) is 6.81. The Bertz CT molecular complexity index is 881. The summed E-state index contributed by atoms with van der Waals surface area (Å²) in [4.78, 5) is 11.5. The number of hydrogen-bond donors (Lipinski definition) is 2. The molecule has 0 spiro atoms. The Balaban J connectivity index is 2.15. The molecule has 2 aromatic rings. The fourth-order valence-corrected chi connectivity index (χ4v) is 3.07. The number of carbonyl (C=O) groups excluding carboxylic acids is 1. The first-order valence-electron chi connectivity index (χ1n) is 7.23. The number of alkyl halides is 3. The molecule has 0 aliphatic rings. The smallest absolute Gasteiger partial charge is 0.405 e. The number of ether oxygens (including phenoxy) is 1. The third kappa shape index (κ3) is 5.12. The highest BCUT2D eigenvalue weighted by Crippen LogP contribution is 2.26. The van der Waals surface area contributed by atoms with Crippen LogP contribution in [-0.2, 0) is 10.0 Å². The Morgan fingerprint density at radius 3 is 2.27 bits per heavy atom. The first-order chi connectivity index (χ1) is 12.1. The van der Waals surface area contributed by atoms with Gasteiger partial charge in [-0.25, -0.2) is 8.42 Å². The van der Waals surface area contributed by atoms with Crippen LogP contribution in [0, 0.1) is 0 Å². The molecule has 0 saturated carbocycles. The van der Waals surface area contributed by atoms with Crippen LogP contribution >= 0.6 is 0 Å². The molecule has 0 bridgehead atoms. The molecule has 2 rings (SSSR count). The first kappa shape index (κ1) is 19.6. The fourth-order valence-electron chi connectivity index (χ4n) is 2.00. The van der Waals surface area contributed by atoms with Gasteiger partial charge in [0.1, 0.15) is 12.3 Å². The van der Waals surface area contributed by atoms with Crippen LogP contribution in [0.15, 0.2) is 53.4 Å². The van der Waals surface area contributed by atoms with Crippen molar-refractivity contribution < 1.29 is 31.1 Å². The van der Waals surface area contributed by atoms with E-state index in [0.29, 0.717) is 5.75 Å². The third-order valence-electron chi connectivity index (χ3n) is 3.23. The van der Waals surface area contributed by atoms with E-state index in [0.717, 1.165) is 24.3 Å². The minimum atomic E-state index is -4.53. The minimum absolute atomic E-state index is 0.0921. The molecule has 0 aromatic heterocycles. The molecular weight excluding hydrogens is 373 g/mol. The van der Waals surface area contributed by atoms with Gasteiger partial charge in [-0.2, -0.15) is 13.2 Å². The zero-order chi connectivity index (χ0) is 19.4. The van der Waals surface area contributed by atoms with Gasteiger partial charge in [0.25, 0.3) is 15.9 Å². The lowest BCUT2D eigenvalue weighted by Gasteiger charge is -2.12. The monoisotopic (exact) mass is 388 g/mol. The van der Waals surface area contributed by atoms with E-state index in [2.05, 4.69) is 4.72 Å². The molecule has 1 amide bonds. The maximum atomic E-state index is 12.4. The summed E-state index contributed by atoms with van der Waals surface area (Å²) in [5.74, 6) is -0.636. The Morgan fingerprint density at radius 2 is 1.69 bits per heavy atom. The molecule has 0 saturated heterocycles. The molecule has 2 aromatic carbocycles. The van der Waals surface area contributed by atoms with Gasteiger partial charge in [-0.15, -0.1) is 0 Å². The normalized spacial score (nSPS) is 11.7. The van der Waals surface area contributed by atoms with Gasteiger partial charge in [-0.1, -0.05) is 12.1 Å². The Labute approximate surface area is 148 Å². The van der Waals surface area contributed by atoms with Crippen LogP contribution in [0.1, 0.15) is 10.4 Å². The highest BCUT2D eigenvalue weighted by molar-refractivity contribution is 7.92. The van der Waals surface area contributed by atoms with Gasteiger partial charge in [-0.3, -0.25) is 9.52 Å². The van der Waals surface area contributed by atoms with Gasteiger partial charge in [-0.05, 0) is 36.4 Å². The summed E-state index contributed by atoms with van der Waals surface area (Å²) in [6, 6.07) is 10.9. The van der Waals surface area contributed by atoms with Crippen LogP contribution in [0.25, 0.3) is 0 Å². The van der Waals surface area contributed by atoms with Crippen molar-refractivity contribution in [2.45, 2.75) is 11.1 Å². The topological polar surface area (TPSA) is 84.5 Å². The van der Waals surface area contributed by atoms with E-state index in [1.165, 1.54) is 13.2 Å². The lowest BCUT2D eigenvalue weighted by Crippen LogP contribution is -2.33. The van der Waals surface area contributed by atoms with Gasteiger partial charge < -0.3 is 10.1 Å². The Morgan fingerprint density at radius 1 is 1.08 bits per heavy atom. The van der Waals surface area contributed by atoms with Gasteiger partial charge in [0.2, 0.25) is 0 Å². The van der Waals surface area contributed by atoms with E-state index < -0.39 is 28.7 Å². The maximum absolute atomic E-state index is 12.4. The molecular formula is C16H15F3N2O4S. The van der Waals surface area contributed by atoms with Crippen LogP contribution in [-0.4, -0.2) is 34.2 Å². The zero-order valence-corrected chi connectivity index (χ0v) is 14.3. The summed E-state index contributed by atoms with van der Waals surface area (Å²) in [7, 11) is -2.58. The summed E-state index contributed by atoms with van der Waals surface area (Å²) < 4.78 is 68.5. The molecule has 0 heterocycles. The van der Waals surface area contributed by atoms with Crippen molar-refractivity contribution in [3.8, 4) is 5.75 Å². The van der Waals surface area contributed by atoms with Gasteiger partial charge in [0.15, 0.2) is 0 Å². The van der Waals surface area contributed by atoms with Crippen LogP contribution in [0.3, 0.4) is 0 Å². The van der Waals surface area contributed by atoms with E-state index in [9.17, 15) is 26.4 Å². The van der Waals surface area contributed by atoms with Crippen molar-refractivity contribution in [3.05, 3.63) is 54.1 Å². The van der Waals surface area contributed by atoms with Crippen LogP contribution < -0.4 is 14.8 Å². The van der Waals surface area contributed by atoms with Gasteiger partial charge >= 0.3 is 6.18 Å². The number of methoxy groups -OCH3 is 1. The van der Waals surface area contributed by atoms with E-state index in [1.54, 1.807) is 23.5 Å². The minimum Gasteiger partial charge on any atom is -0.495 e. The molecule has 6 nitrogen and oxygen atoms in total. The standard InChI is InChI=1S/C16H15F3N2O4S/c1-25-14-5-3-2-4-13(14)21-26(23,24)12-8-6-11(7-9-12)15(22)20-10-16(17,18)19/h2-9,21H,10H2,1H3,(H,20,22). The molecule has 26 heavy (non-hydrogen) atoms. The molecule has 0 fully saturated rings. The van der Waals surface area contributed by atoms with E-state index in [-0.39, 0.29) is 16.1 Å². The lowest BCUT2D eigenvalue weighted by atomic mass is 10.2. The average molecular weight is 388 g/mol. The molecule has 0 aliphatic carbocycles. The van der Waals surface area contributed by atoms with Gasteiger partial charge in [0.05, 0.1) is 17.7 Å². The third-order valence-corrected chi connectivity index (χ3v) is 4.61. The molecule has 0 unspecified atom stereocenters. The van der Waals surface area contributed by atoms with E-state index in [1.807, 2.05) is 0 Å². The largest absolute Gasteiger partial charge is 0.495 e. The van der Waals surface area contributed by atoms with Crippen molar-refractivity contribution >= 4 is 21.6 Å². The van der Waals surface area contributed by atoms with Crippen LogP contribution in [0.5, 0.6) is 5.75 Å². The fraction of sp³-hybridized carbons (Fsp3) is 0.188. The number of nitrogens with one attached hydrogen (secondary N) is 2. The van der Waals surface area contributed by atoms with Crippen molar-refractivity contribution in [3.63, 3.8) is 0 Å². The first-order valence-corrected chi connectivity index (χ1v) is 8.71. The highest BCUT2D eigenvalue weighted by Gasteiger charge is 2.28. The van der Waals surface area contributed by atoms with E-state index in [4.69, 9.17) is 4.74 Å². The maximum Gasteiger partial charge on any atom is 0.405 e. The van der Waals surface area contributed by atoms with Crippen molar-refractivity contribution in [2.75, 3.05) is 18.4 Å². The van der Waals surface area contributed by atoms with Gasteiger partial charge in [0, 0.05) is 5.56 Å². The number of anilines is 1. The van der Waals surface area contributed by atoms with E-state index >= 15 is 0 Å². The number of benzene rings is 2. The average Bonchev–Trinajstić information content (AvgIpc) is 2.59. The predicted octanol–water partition coefficient (Wildman–Crippen LogP) is 2.79. The summed E-state index contributed by atoms with van der Waals surface area (Å²) in [5, 5.41) is 1.71. The van der Waals surface area contributed by atoms with Crippen molar-refractivity contribution in [1.82, 2.24) is 5.32 Å². The predicted molar refractivity (Wildman–Crippen MR) is 88.6 cm³/mol. The SMILES string of the molecule is COc1ccccc1NS(=O)(=O)c1ccc(C(=O)NCC(F)(F)F)cc1. The number of rotatable bonds is 6. The summed E-state index contributed by atoms with van der Waals surface area (Å²) in [6.07, 6.45) is -4.53. The Hall–Kier alpha value is -2.75. The zero-order valence-electron chi connectivity index (χ0n) is 13.5. The summed E-state index contributed by atoms with van der Waals surface area (Å²) >= 11 is 0. The molecule has 2 N–H and O–H groups in total. The Kier molecular flexibility index (Phi) is 5.76. The summed E-state index contributed by atoms with van der Waals surface area (Å²) in [5.41, 5.74) is 0.132. The quantitative estimate of drug-likeness (QED) is 0.797. The number of amides is 1. The molecule has 10 heteroatoms. The lowest BCUT2D eigenvalue weighted by molar-refractivity contribution is -0.123. The number of carbonyl (C=O) groups is 1. The number of para-hydroxylation sites is 2. The highest BCUT2D eigenvalue weighted by atomic mass is 32.2. The van der Waals surface area contributed by atoms with Crippen LogP contribution in [0.4, 0.5) is 18.9 Å². The number of sulfonamides is 1. The second-order valence-electron chi connectivity index (χ2n) is 5.13.